The van der Waals surface area contributed by atoms with Crippen LogP contribution in [0.4, 0.5) is 13.2 Å². The molecule has 0 aliphatic carbocycles. The van der Waals surface area contributed by atoms with Gasteiger partial charge in [-0.1, -0.05) is 173 Å². The zero-order chi connectivity index (χ0) is 88.6. The van der Waals surface area contributed by atoms with Crippen LogP contribution >= 0.6 is 31.8 Å². The number of hydrogen-bond acceptors (Lipinski definition) is 12. The van der Waals surface area contributed by atoms with Crippen molar-refractivity contribution in [1.29, 1.82) is 0 Å². The van der Waals surface area contributed by atoms with E-state index in [0.717, 1.165) is 98.3 Å². The van der Waals surface area contributed by atoms with Gasteiger partial charge in [-0.15, -0.1) is 5.10 Å². The smallest absolute Gasteiger partial charge is 0.572 e. The summed E-state index contributed by atoms with van der Waals surface area (Å²) in [6.45, 7) is 45.5. The standard InChI is InChI=1S/C15H25BN2O3.C15H14F3N4.C15H18N4.C15H17N4.2C13H13P.C10H12BrN3.Os/c1-11-10-12(16-20-14(2,3)15(4,5)21-16)18(17-11)13-8-6-7-9-19-13;1-14(2,3)9-8-19-13(22-6-4-5-11(9)22)10-7-12(21-20-10)15(16,17)18;2*1-10-8-12(18-17-10)14-16-9-11(15(2,3)4)13-6-5-7-19(13)14;2*1-14(12-8-4-2-5-9-12)13-10-6-3-7-11-13;1-10(2,3)8-7-5-4-6-14(7)9(11)13-12-8;/h10,13H,6-9H2,1-5H3;4-8H,1-3H3;5-9H,1-4H3,(H,17,18);5-9H,1-4H3;2*2-11H,1H3;4-6H,1-3H3;/q;-1;;-1;;;;+2/p+2. The van der Waals surface area contributed by atoms with Crippen LogP contribution < -0.4 is 37.0 Å². The second-order valence-electron chi connectivity index (χ2n) is 36.1. The van der Waals surface area contributed by atoms with E-state index >= 15 is 0 Å². The van der Waals surface area contributed by atoms with Crippen molar-refractivity contribution in [2.45, 2.75) is 196 Å². The Hall–Kier alpha value is -9.88. The summed E-state index contributed by atoms with van der Waals surface area (Å²) in [5.74, 6) is 2.06. The van der Waals surface area contributed by atoms with Gasteiger partial charge in [-0.3, -0.25) is 13.9 Å². The number of aromatic amines is 1. The van der Waals surface area contributed by atoms with Crippen molar-refractivity contribution >= 4 is 87.8 Å². The molecule has 28 heteroatoms. The van der Waals surface area contributed by atoms with Gasteiger partial charge in [0.15, 0.2) is 5.82 Å². The van der Waals surface area contributed by atoms with E-state index in [4.69, 9.17) is 14.0 Å². The number of nitrogens with one attached hydrogen (secondary N) is 1. The van der Waals surface area contributed by atoms with Gasteiger partial charge in [0.25, 0.3) is 0 Å². The summed E-state index contributed by atoms with van der Waals surface area (Å²) in [6, 6.07) is 66.1. The van der Waals surface area contributed by atoms with E-state index in [2.05, 4.69) is 355 Å². The van der Waals surface area contributed by atoms with Crippen LogP contribution in [0.2, 0.25) is 0 Å². The Morgan fingerprint density at radius 1 is 0.484 bits per heavy atom. The number of aryl methyl sites for hydroxylation is 3. The minimum atomic E-state index is -4.51. The molecule has 18 rings (SSSR count). The molecule has 1 N–H and O–H groups in total. The van der Waals surface area contributed by atoms with Gasteiger partial charge in [0, 0.05) is 66.8 Å². The Kier molecular flexibility index (Phi) is 30.4. The predicted octanol–water partition coefficient (Wildman–Crippen LogP) is 19.9. The van der Waals surface area contributed by atoms with Crippen LogP contribution in [0.1, 0.15) is 181 Å². The maximum absolute atomic E-state index is 12.7. The number of H-pyrrole nitrogens is 1. The van der Waals surface area contributed by atoms with Crippen molar-refractivity contribution in [1.82, 2.24) is 83.1 Å². The van der Waals surface area contributed by atoms with Gasteiger partial charge >= 0.3 is 33.1 Å². The van der Waals surface area contributed by atoms with Crippen LogP contribution in [-0.4, -0.2) is 111 Å². The van der Waals surface area contributed by atoms with E-state index in [9.17, 15) is 13.2 Å². The fraction of sp³-hybridized carbons (Fsp3) is 0.344. The molecule has 2 aliphatic rings. The molecule has 2 fully saturated rings. The molecular weight excluding hydrogens is 1840 g/mol. The summed E-state index contributed by atoms with van der Waals surface area (Å²) in [7, 11) is -1.48. The number of rotatable bonds is 9. The fourth-order valence-corrected chi connectivity index (χ4v) is 18.2. The van der Waals surface area contributed by atoms with Gasteiger partial charge in [-0.05, 0) is 232 Å². The van der Waals surface area contributed by atoms with E-state index in [1.807, 2.05) is 103 Å². The third kappa shape index (κ3) is 22.9. The fourth-order valence-electron chi connectivity index (χ4n) is 14.4. The largest absolute Gasteiger partial charge is 2.00 e. The Morgan fingerprint density at radius 2 is 0.895 bits per heavy atom. The third-order valence-corrected chi connectivity index (χ3v) is 27.1. The molecule has 1 atom stereocenters. The molecule has 648 valence electrons. The quantitative estimate of drug-likeness (QED) is 0.105. The first-order valence-electron chi connectivity index (χ1n) is 41.6. The molecule has 12 aromatic heterocycles. The molecule has 0 amide bonds. The molecule has 0 radical (unpaired) electrons. The number of nitrogens with zero attached hydrogens (tertiary/aromatic N) is 16. The normalized spacial score (nSPS) is 14.5. The summed E-state index contributed by atoms with van der Waals surface area (Å²) < 4.78 is 66.8. The van der Waals surface area contributed by atoms with Crippen molar-refractivity contribution in [2.75, 3.05) is 19.9 Å². The second-order valence-corrected chi connectivity index (χ2v) is 41.6. The summed E-state index contributed by atoms with van der Waals surface area (Å²) >= 11 is 3.37. The molecule has 0 spiro atoms. The van der Waals surface area contributed by atoms with E-state index in [-0.39, 0.29) is 71.7 Å². The van der Waals surface area contributed by atoms with Gasteiger partial charge < -0.3 is 43.2 Å². The van der Waals surface area contributed by atoms with Crippen molar-refractivity contribution in [2.24, 2.45) is 0 Å². The number of fused-ring (bicyclic) bond motifs is 4. The minimum Gasteiger partial charge on any atom is -0.572 e. The maximum atomic E-state index is 12.7. The Morgan fingerprint density at radius 3 is 1.27 bits per heavy atom. The monoisotopic (exact) mass is 1950 g/mol. The van der Waals surface area contributed by atoms with Crippen LogP contribution in [0, 0.1) is 20.8 Å². The van der Waals surface area contributed by atoms with Crippen LogP contribution in [0.25, 0.3) is 56.6 Å². The van der Waals surface area contributed by atoms with Gasteiger partial charge in [0.05, 0.1) is 101 Å². The number of alkyl halides is 3. The number of halogens is 4. The first-order valence-corrected chi connectivity index (χ1v) is 46.4. The number of hydrogen-bond donors (Lipinski definition) is 1. The van der Waals surface area contributed by atoms with E-state index in [0.29, 0.717) is 5.82 Å². The van der Waals surface area contributed by atoms with E-state index < -0.39 is 27.7 Å². The summed E-state index contributed by atoms with van der Waals surface area (Å²) in [5.41, 5.74) is 12.9. The van der Waals surface area contributed by atoms with Crippen LogP contribution in [0.15, 0.2) is 242 Å². The molecule has 16 aromatic rings. The third-order valence-electron chi connectivity index (χ3n) is 21.8. The Balaban J connectivity index is 0.000000142. The maximum Gasteiger partial charge on any atom is 2.00 e. The second kappa shape index (κ2) is 39.8. The number of benzene rings is 4. The molecule has 2 saturated heterocycles. The van der Waals surface area contributed by atoms with Crippen molar-refractivity contribution in [3.63, 3.8) is 0 Å². The van der Waals surface area contributed by atoms with Gasteiger partial charge in [0.1, 0.15) is 29.3 Å². The zero-order valence-corrected chi connectivity index (χ0v) is 80.9. The Bertz CT molecular complexity index is 5820. The number of aromatic nitrogens is 17. The topological polar surface area (TPSA) is 210 Å². The average Bonchev–Trinajstić information content (AvgIpc) is 1.60. The minimum absolute atomic E-state index is 0. The van der Waals surface area contributed by atoms with E-state index in [1.165, 1.54) is 49.8 Å². The molecule has 0 saturated carbocycles. The van der Waals surface area contributed by atoms with Crippen molar-refractivity contribution in [3.8, 4) is 34.6 Å². The number of ether oxygens (including phenoxy) is 1. The molecular formula is C96H114BBrF3N17O3OsP2+2. The predicted molar refractivity (Wildman–Crippen MR) is 501 cm³/mol. The summed E-state index contributed by atoms with van der Waals surface area (Å²) in [6.07, 6.45) is 12.2. The van der Waals surface area contributed by atoms with Crippen LogP contribution in [-0.2, 0) is 61.7 Å². The molecule has 4 aromatic carbocycles. The van der Waals surface area contributed by atoms with E-state index in [1.54, 1.807) is 16.8 Å². The summed E-state index contributed by atoms with van der Waals surface area (Å²) in [5, 5.41) is 41.1. The zero-order valence-electron chi connectivity index (χ0n) is 74.7. The molecule has 2 aliphatic heterocycles. The molecule has 14 heterocycles. The SMILES string of the molecule is CC(C)(C)c1cnc(-c2cc(C(F)(F)F)n[n-]2)n2cccc12.CC(C)(C)c1nnc(Br)n2cccc12.C[PH+](c1ccccc1)c1ccccc1.C[PH+](c1ccccc1)c1ccccc1.Cc1cc(-c2ncc(C(C)(C)C)c3cccn23)[n-]n1.Cc1cc(-c2ncc(C(C)(C)C)c3cccn23)n[nH]1.Cc1cc(B2OC(C)(C)C(C)(C)O2)n(C2CCCCO2)n1.[Os+2]. The van der Waals surface area contributed by atoms with Crippen LogP contribution in [0.5, 0.6) is 0 Å². The first kappa shape index (κ1) is 94.8. The van der Waals surface area contributed by atoms with Crippen molar-refractivity contribution in [3.05, 3.63) is 287 Å². The average molecular weight is 1950 g/mol. The van der Waals surface area contributed by atoms with Crippen LogP contribution in [0.3, 0.4) is 0 Å². The van der Waals surface area contributed by atoms with Gasteiger partial charge in [-0.2, -0.15) is 28.5 Å². The molecule has 1 unspecified atom stereocenters. The van der Waals surface area contributed by atoms with Crippen molar-refractivity contribution < 1.29 is 47.0 Å². The first-order chi connectivity index (χ1) is 58.2. The van der Waals surface area contributed by atoms with Gasteiger partial charge in [-0.25, -0.2) is 19.6 Å². The van der Waals surface area contributed by atoms with Gasteiger partial charge in [0.2, 0.25) is 4.73 Å². The molecule has 0 bridgehead atoms. The molecule has 20 nitrogen and oxygen atoms in total. The molecule has 124 heavy (non-hydrogen) atoms. The Labute approximate surface area is 750 Å². The summed E-state index contributed by atoms with van der Waals surface area (Å²) in [4.78, 5) is 13.5.